The first kappa shape index (κ1) is 15.8. The maximum Gasteiger partial charge on any atom is 0.237 e. The third-order valence-corrected chi connectivity index (χ3v) is 3.32. The number of ketones is 1. The van der Waals surface area contributed by atoms with Crippen LogP contribution in [0.3, 0.4) is 0 Å². The van der Waals surface area contributed by atoms with Gasteiger partial charge in [-0.1, -0.05) is 39.1 Å². The fraction of sp³-hybridized carbons (Fsp3) is 0.429. The number of aromatic nitrogens is 1. The van der Waals surface area contributed by atoms with Crippen LogP contribution in [-0.4, -0.2) is 9.98 Å². The molecular formula is C14H17N2OS2+. The average Bonchev–Trinajstić information content (AvgIpc) is 2.34. The van der Waals surface area contributed by atoms with Crippen molar-refractivity contribution in [3.05, 3.63) is 30.6 Å². The first-order valence-corrected chi connectivity index (χ1v) is 6.77. The zero-order chi connectivity index (χ0) is 14.6. The molecule has 0 N–H and O–H groups in total. The van der Waals surface area contributed by atoms with E-state index in [1.165, 1.54) is 0 Å². The van der Waals surface area contributed by atoms with E-state index in [-0.39, 0.29) is 9.98 Å². The number of carbonyl (C=O) groups is 1. The van der Waals surface area contributed by atoms with Crippen LogP contribution < -0.4 is 4.57 Å². The van der Waals surface area contributed by atoms with Crippen LogP contribution in [-0.2, 0) is 4.79 Å². The molecule has 0 saturated heterocycles. The highest BCUT2D eigenvalue weighted by Crippen LogP contribution is 2.27. The van der Waals surface area contributed by atoms with Crippen molar-refractivity contribution in [3.8, 4) is 6.07 Å². The Balaban J connectivity index is 3.31. The van der Waals surface area contributed by atoms with Crippen molar-refractivity contribution in [2.24, 2.45) is 11.3 Å². The summed E-state index contributed by atoms with van der Waals surface area (Å²) in [7, 11) is 0. The Labute approximate surface area is 124 Å². The van der Waals surface area contributed by atoms with Gasteiger partial charge in [0, 0.05) is 17.5 Å². The lowest BCUT2D eigenvalue weighted by molar-refractivity contribution is -0.712. The van der Waals surface area contributed by atoms with Crippen LogP contribution in [0, 0.1) is 22.7 Å². The lowest BCUT2D eigenvalue weighted by Crippen LogP contribution is -2.51. The molecule has 1 rings (SSSR count). The van der Waals surface area contributed by atoms with Crippen molar-refractivity contribution in [1.29, 1.82) is 5.26 Å². The molecule has 1 heterocycles. The van der Waals surface area contributed by atoms with Crippen LogP contribution in [0.15, 0.2) is 30.6 Å². The molecule has 0 aromatic carbocycles. The number of Topliss-reactive ketones (excluding diaryl/α,β-unsaturated/α-hetero) is 1. The molecule has 0 unspecified atom stereocenters. The SMILES string of the molecule is CC(C)(C)C(=O)[C@@H]([C@H](C#N)C(=S)S)[n+]1ccccc1. The first-order valence-electron chi connectivity index (χ1n) is 5.91. The molecular weight excluding hydrogens is 276 g/mol. The maximum absolute atomic E-state index is 12.6. The van der Waals surface area contributed by atoms with Crippen molar-refractivity contribution >= 4 is 34.8 Å². The standard InChI is InChI=1S/C14H16N2OS2/c1-14(2,3)12(17)11(10(9-15)13(18)19)16-7-5-4-6-8-16/h4-8,10-11H,1-3H3/p+1/t10-,11+/m0/s1. The lowest BCUT2D eigenvalue weighted by atomic mass is 9.82. The number of carbonyl (C=O) groups excluding carboxylic acids is 1. The molecule has 100 valence electrons. The van der Waals surface area contributed by atoms with Gasteiger partial charge in [0.25, 0.3) is 0 Å². The van der Waals surface area contributed by atoms with Gasteiger partial charge >= 0.3 is 0 Å². The van der Waals surface area contributed by atoms with E-state index in [1.807, 2.05) is 39.0 Å². The lowest BCUT2D eigenvalue weighted by Gasteiger charge is -2.23. The first-order chi connectivity index (χ1) is 8.79. The second-order valence-electron chi connectivity index (χ2n) is 5.33. The van der Waals surface area contributed by atoms with Gasteiger partial charge in [0.1, 0.15) is 0 Å². The average molecular weight is 293 g/mol. The number of nitriles is 1. The fourth-order valence-corrected chi connectivity index (χ4v) is 2.14. The van der Waals surface area contributed by atoms with Crippen molar-refractivity contribution in [3.63, 3.8) is 0 Å². The molecule has 0 bridgehead atoms. The number of hydrogen-bond donors (Lipinski definition) is 1. The highest BCUT2D eigenvalue weighted by molar-refractivity contribution is 8.11. The molecule has 0 aliphatic rings. The van der Waals surface area contributed by atoms with Gasteiger partial charge in [0.15, 0.2) is 18.3 Å². The van der Waals surface area contributed by atoms with Crippen LogP contribution in [0.2, 0.25) is 0 Å². The molecule has 0 saturated carbocycles. The van der Waals surface area contributed by atoms with E-state index in [4.69, 9.17) is 12.2 Å². The number of hydrogen-bond acceptors (Lipinski definition) is 3. The Bertz CT molecular complexity index is 514. The Morgan fingerprint density at radius 2 is 1.84 bits per heavy atom. The number of nitrogens with zero attached hydrogens (tertiary/aromatic N) is 2. The summed E-state index contributed by atoms with van der Waals surface area (Å²) >= 11 is 9.11. The second-order valence-corrected chi connectivity index (χ2v) is 6.55. The van der Waals surface area contributed by atoms with Crippen molar-refractivity contribution in [2.75, 3.05) is 0 Å². The molecule has 1 aromatic heterocycles. The van der Waals surface area contributed by atoms with Gasteiger partial charge < -0.3 is 0 Å². The van der Waals surface area contributed by atoms with Crippen LogP contribution in [0.4, 0.5) is 0 Å². The summed E-state index contributed by atoms with van der Waals surface area (Å²) in [6.07, 6.45) is 3.54. The van der Waals surface area contributed by atoms with Crippen LogP contribution in [0.5, 0.6) is 0 Å². The summed E-state index contributed by atoms with van der Waals surface area (Å²) in [6.45, 7) is 5.51. The van der Waals surface area contributed by atoms with Gasteiger partial charge in [-0.05, 0) is 0 Å². The zero-order valence-electron chi connectivity index (χ0n) is 11.2. The molecule has 0 fully saturated rings. The zero-order valence-corrected chi connectivity index (χ0v) is 12.9. The van der Waals surface area contributed by atoms with Crippen LogP contribution in [0.1, 0.15) is 26.8 Å². The Hall–Kier alpha value is -1.25. The van der Waals surface area contributed by atoms with Gasteiger partial charge in [-0.15, -0.1) is 12.6 Å². The summed E-state index contributed by atoms with van der Waals surface area (Å²) in [5.74, 6) is -0.760. The van der Waals surface area contributed by atoms with E-state index in [0.29, 0.717) is 0 Å². The van der Waals surface area contributed by atoms with Gasteiger partial charge in [0.2, 0.25) is 11.8 Å². The van der Waals surface area contributed by atoms with E-state index < -0.39 is 17.4 Å². The van der Waals surface area contributed by atoms with Crippen molar-refractivity contribution < 1.29 is 9.36 Å². The summed E-state index contributed by atoms with van der Waals surface area (Å²) in [6, 6.07) is 6.94. The van der Waals surface area contributed by atoms with Crippen molar-refractivity contribution in [2.45, 2.75) is 26.8 Å². The minimum Gasteiger partial charge on any atom is -0.292 e. The monoisotopic (exact) mass is 293 g/mol. The molecule has 0 aliphatic heterocycles. The molecule has 0 radical (unpaired) electrons. The van der Waals surface area contributed by atoms with E-state index in [1.54, 1.807) is 17.0 Å². The van der Waals surface area contributed by atoms with Crippen LogP contribution in [0.25, 0.3) is 0 Å². The highest BCUT2D eigenvalue weighted by atomic mass is 32.1. The Morgan fingerprint density at radius 1 is 1.32 bits per heavy atom. The summed E-state index contributed by atoms with van der Waals surface area (Å²) in [5, 5.41) is 9.29. The third kappa shape index (κ3) is 3.85. The summed E-state index contributed by atoms with van der Waals surface area (Å²) in [4.78, 5) is 12.6. The third-order valence-electron chi connectivity index (χ3n) is 2.79. The Kier molecular flexibility index (Phi) is 5.21. The van der Waals surface area contributed by atoms with Crippen molar-refractivity contribution in [1.82, 2.24) is 0 Å². The predicted octanol–water partition coefficient (Wildman–Crippen LogP) is 2.53. The number of thiol groups is 1. The Morgan fingerprint density at radius 3 is 2.21 bits per heavy atom. The smallest absolute Gasteiger partial charge is 0.237 e. The van der Waals surface area contributed by atoms with Gasteiger partial charge in [-0.2, -0.15) is 9.83 Å². The summed E-state index contributed by atoms with van der Waals surface area (Å²) < 4.78 is 1.96. The molecule has 0 aliphatic carbocycles. The largest absolute Gasteiger partial charge is 0.292 e. The number of pyridine rings is 1. The minimum absolute atomic E-state index is 0.0355. The molecule has 5 heteroatoms. The second kappa shape index (κ2) is 6.27. The molecule has 0 amide bonds. The quantitative estimate of drug-likeness (QED) is 0.527. The van der Waals surface area contributed by atoms with E-state index >= 15 is 0 Å². The molecule has 1 aromatic rings. The van der Waals surface area contributed by atoms with E-state index in [9.17, 15) is 10.1 Å². The molecule has 2 atom stereocenters. The van der Waals surface area contributed by atoms with Crippen LogP contribution >= 0.6 is 24.8 Å². The maximum atomic E-state index is 12.6. The molecule has 3 nitrogen and oxygen atoms in total. The highest BCUT2D eigenvalue weighted by Gasteiger charge is 2.43. The molecule has 0 spiro atoms. The normalized spacial score (nSPS) is 14.3. The van der Waals surface area contributed by atoms with E-state index in [2.05, 4.69) is 18.7 Å². The summed E-state index contributed by atoms with van der Waals surface area (Å²) in [5.41, 5.74) is -0.554. The van der Waals surface area contributed by atoms with E-state index in [0.717, 1.165) is 0 Å². The predicted molar refractivity (Wildman–Crippen MR) is 80.8 cm³/mol. The topological polar surface area (TPSA) is 44.7 Å². The number of thiocarbonyl (C=S) groups is 1. The minimum atomic E-state index is -0.725. The van der Waals surface area contributed by atoms with Gasteiger partial charge in [0.05, 0.1) is 10.3 Å². The van der Waals surface area contributed by atoms with Gasteiger partial charge in [-0.3, -0.25) is 4.79 Å². The fourth-order valence-electron chi connectivity index (χ4n) is 1.76. The molecule has 19 heavy (non-hydrogen) atoms. The van der Waals surface area contributed by atoms with Gasteiger partial charge in [-0.25, -0.2) is 0 Å². The number of rotatable bonds is 4.